The number of hydrogen-bond donors (Lipinski definition) is 0. The van der Waals surface area contributed by atoms with E-state index in [1.165, 1.54) is 5.31 Å². The molecule has 0 unspecified atom stereocenters. The summed E-state index contributed by atoms with van der Waals surface area (Å²) in [5, 5.41) is 4.65. The van der Waals surface area contributed by atoms with Crippen molar-refractivity contribution in [2.24, 2.45) is 0 Å². The second-order valence-electron chi connectivity index (χ2n) is 7.33. The fraction of sp³-hybridized carbons (Fsp3) is 0.200. The van der Waals surface area contributed by atoms with Crippen molar-refractivity contribution in [1.82, 2.24) is 0 Å². The zero-order valence-corrected chi connectivity index (χ0v) is 17.9. The van der Waals surface area contributed by atoms with Crippen LogP contribution in [-0.2, 0) is 4.74 Å². The molecule has 1 heterocycles. The maximum atomic E-state index is 8.15. The van der Waals surface area contributed by atoms with Gasteiger partial charge >= 0.3 is 173 Å². The van der Waals surface area contributed by atoms with Gasteiger partial charge in [-0.1, -0.05) is 0 Å². The van der Waals surface area contributed by atoms with E-state index in [0.29, 0.717) is 0 Å². The first-order valence-electron chi connectivity index (χ1n) is 9.89. The van der Waals surface area contributed by atoms with Crippen molar-refractivity contribution in [1.29, 1.82) is 0 Å². The van der Waals surface area contributed by atoms with E-state index in [-0.39, 0.29) is 0 Å². The summed E-state index contributed by atoms with van der Waals surface area (Å²) in [5.74, 6) is -2.34. The molecule has 0 radical (unpaired) electrons. The van der Waals surface area contributed by atoms with E-state index in [4.69, 9.17) is 16.0 Å². The Labute approximate surface area is 172 Å². The molecular formula is C25H26ClOP. The van der Waals surface area contributed by atoms with Crippen LogP contribution in [0.1, 0.15) is 26.2 Å². The molecule has 1 fully saturated rings. The van der Waals surface area contributed by atoms with Gasteiger partial charge in [-0.2, -0.15) is 0 Å². The first-order chi connectivity index (χ1) is 13.7. The van der Waals surface area contributed by atoms with Crippen LogP contribution in [0, 0.1) is 0 Å². The third-order valence-electron chi connectivity index (χ3n) is 5.83. The molecule has 3 aromatic rings. The molecule has 0 amide bonds. The Morgan fingerprint density at radius 1 is 0.714 bits per heavy atom. The van der Waals surface area contributed by atoms with Crippen LogP contribution in [-0.4, -0.2) is 6.61 Å². The Morgan fingerprint density at radius 3 is 1.50 bits per heavy atom. The number of halogens is 1. The average Bonchev–Trinajstić information content (AvgIpc) is 2.80. The molecule has 0 aliphatic carbocycles. The number of allylic oxidation sites excluding steroid dienone is 2. The van der Waals surface area contributed by atoms with Crippen LogP contribution in [0.4, 0.5) is 0 Å². The Bertz CT molecular complexity index is 860. The molecule has 28 heavy (non-hydrogen) atoms. The Kier molecular flexibility index (Phi) is 5.32. The molecule has 0 saturated carbocycles. The number of rotatable bonds is 4. The Hall–Kier alpha value is -2.08. The molecule has 1 aliphatic rings. The average molecular weight is 409 g/mol. The fourth-order valence-electron chi connectivity index (χ4n) is 4.33. The summed E-state index contributed by atoms with van der Waals surface area (Å²) in [5.41, 5.74) is 0. The second-order valence-corrected chi connectivity index (χ2v) is 13.6. The minimum atomic E-state index is -3.41. The van der Waals surface area contributed by atoms with Gasteiger partial charge in [-0.25, -0.2) is 0 Å². The van der Waals surface area contributed by atoms with Crippen molar-refractivity contribution in [2.45, 2.75) is 26.2 Å². The van der Waals surface area contributed by atoms with Gasteiger partial charge in [0.1, 0.15) is 0 Å². The quantitative estimate of drug-likeness (QED) is 0.474. The van der Waals surface area contributed by atoms with Crippen LogP contribution in [0.15, 0.2) is 102 Å². The van der Waals surface area contributed by atoms with Gasteiger partial charge in [0.25, 0.3) is 0 Å². The standard InChI is InChI=1S/C25H26ClOP/c1-21(25-19-11-12-20-27-25)28(26,22-13-5-2-6-14-22,23-15-7-3-8-16-23)24-17-9-4-10-18-24/h2-10,13-18H,11-12,19-20H2,1H3. The summed E-state index contributed by atoms with van der Waals surface area (Å²) < 4.78 is 6.20. The van der Waals surface area contributed by atoms with Gasteiger partial charge in [-0.15, -0.1) is 0 Å². The summed E-state index contributed by atoms with van der Waals surface area (Å²) >= 11 is 8.15. The topological polar surface area (TPSA) is 9.23 Å². The summed E-state index contributed by atoms with van der Waals surface area (Å²) in [6.07, 6.45) is 3.20. The molecule has 144 valence electrons. The number of benzene rings is 3. The zero-order chi connectivity index (χ0) is 19.5. The predicted molar refractivity (Wildman–Crippen MR) is 124 cm³/mol. The van der Waals surface area contributed by atoms with Gasteiger partial charge in [0.2, 0.25) is 0 Å². The van der Waals surface area contributed by atoms with E-state index in [1.54, 1.807) is 0 Å². The molecule has 0 N–H and O–H groups in total. The van der Waals surface area contributed by atoms with Crippen molar-refractivity contribution in [3.05, 3.63) is 102 Å². The molecule has 1 saturated heterocycles. The monoisotopic (exact) mass is 408 g/mol. The molecule has 3 aromatic carbocycles. The van der Waals surface area contributed by atoms with Crippen LogP contribution in [0.5, 0.6) is 0 Å². The molecular weight excluding hydrogens is 383 g/mol. The van der Waals surface area contributed by atoms with Crippen LogP contribution in [0.25, 0.3) is 0 Å². The van der Waals surface area contributed by atoms with Crippen LogP contribution < -0.4 is 15.9 Å². The molecule has 0 spiro atoms. The van der Waals surface area contributed by atoms with E-state index in [2.05, 4.69) is 97.9 Å². The van der Waals surface area contributed by atoms with Gasteiger partial charge in [-0.3, -0.25) is 0 Å². The van der Waals surface area contributed by atoms with Gasteiger partial charge in [-0.05, 0) is 0 Å². The third kappa shape index (κ3) is 2.89. The third-order valence-corrected chi connectivity index (χ3v) is 13.7. The van der Waals surface area contributed by atoms with Crippen molar-refractivity contribution in [2.75, 3.05) is 6.61 Å². The summed E-state index contributed by atoms with van der Waals surface area (Å²) in [6.45, 7) is 2.97. The fourth-order valence-corrected chi connectivity index (χ4v) is 10.5. The summed E-state index contributed by atoms with van der Waals surface area (Å²) in [4.78, 5) is 0. The number of hydrogen-bond acceptors (Lipinski definition) is 1. The summed E-state index contributed by atoms with van der Waals surface area (Å²) in [7, 11) is 0. The second kappa shape index (κ2) is 7.74. The van der Waals surface area contributed by atoms with Gasteiger partial charge in [0.05, 0.1) is 0 Å². The molecule has 0 bridgehead atoms. The minimum absolute atomic E-state index is 0.772. The molecule has 3 heteroatoms. The summed E-state index contributed by atoms with van der Waals surface area (Å²) in [6, 6.07) is 31.8. The Morgan fingerprint density at radius 2 is 1.14 bits per heavy atom. The first kappa shape index (κ1) is 19.2. The van der Waals surface area contributed by atoms with E-state index < -0.39 is 5.96 Å². The zero-order valence-electron chi connectivity index (χ0n) is 16.2. The van der Waals surface area contributed by atoms with Crippen molar-refractivity contribution < 1.29 is 4.74 Å². The SMILES string of the molecule is CC(=C1CCCCO1)P(Cl)(c1ccccc1)(c1ccccc1)c1ccccc1. The number of ether oxygens (including phenoxy) is 1. The van der Waals surface area contributed by atoms with Crippen molar-refractivity contribution in [3.63, 3.8) is 0 Å². The van der Waals surface area contributed by atoms with Crippen LogP contribution in [0.2, 0.25) is 0 Å². The van der Waals surface area contributed by atoms with Crippen LogP contribution >= 0.6 is 17.2 Å². The normalized spacial score (nSPS) is 17.9. The van der Waals surface area contributed by atoms with Crippen molar-refractivity contribution >= 4 is 33.1 Å². The molecule has 1 nitrogen and oxygen atoms in total. The van der Waals surface area contributed by atoms with Crippen LogP contribution in [0.3, 0.4) is 0 Å². The predicted octanol–water partition coefficient (Wildman–Crippen LogP) is 6.10. The van der Waals surface area contributed by atoms with E-state index in [1.807, 2.05) is 0 Å². The van der Waals surface area contributed by atoms with Gasteiger partial charge in [0, 0.05) is 0 Å². The van der Waals surface area contributed by atoms with E-state index in [9.17, 15) is 0 Å². The molecule has 0 aromatic heterocycles. The van der Waals surface area contributed by atoms with E-state index >= 15 is 0 Å². The van der Waals surface area contributed by atoms with Gasteiger partial charge in [0.15, 0.2) is 0 Å². The van der Waals surface area contributed by atoms with E-state index in [0.717, 1.165) is 47.5 Å². The maximum absolute atomic E-state index is 8.15. The molecule has 0 atom stereocenters. The Balaban J connectivity index is 2.16. The molecule has 1 aliphatic heterocycles. The van der Waals surface area contributed by atoms with Crippen molar-refractivity contribution in [3.8, 4) is 0 Å². The van der Waals surface area contributed by atoms with Gasteiger partial charge < -0.3 is 0 Å². The first-order valence-corrected chi connectivity index (χ1v) is 13.0. The molecule has 4 rings (SSSR count).